The Kier molecular flexibility index (Phi) is 9.23. The molecule has 0 atom stereocenters. The SMILES string of the molecule is C=CCOC(=O)C(C#N)=c1sc(=CNc2cccc(OCC(=O)N3CCNCC3)c2)c(=O)n1CC. The molecule has 0 bridgehead atoms. The molecule has 1 aliphatic heterocycles. The highest BCUT2D eigenvalue weighted by molar-refractivity contribution is 7.07. The van der Waals surface area contributed by atoms with Crippen LogP contribution >= 0.6 is 11.3 Å². The van der Waals surface area contributed by atoms with Crippen LogP contribution in [0.3, 0.4) is 0 Å². The number of thiazole rings is 1. The van der Waals surface area contributed by atoms with E-state index in [0.717, 1.165) is 24.4 Å². The van der Waals surface area contributed by atoms with E-state index in [-0.39, 0.29) is 41.5 Å². The maximum absolute atomic E-state index is 12.8. The third-order valence-electron chi connectivity index (χ3n) is 5.12. The highest BCUT2D eigenvalue weighted by atomic mass is 32.1. The summed E-state index contributed by atoms with van der Waals surface area (Å²) in [4.78, 5) is 39.1. The van der Waals surface area contributed by atoms with Crippen molar-refractivity contribution in [2.24, 2.45) is 0 Å². The number of hydrogen-bond donors (Lipinski definition) is 2. The van der Waals surface area contributed by atoms with Crippen molar-refractivity contribution >= 4 is 40.7 Å². The first-order valence-corrected chi connectivity index (χ1v) is 11.9. The van der Waals surface area contributed by atoms with Crippen LogP contribution in [0.25, 0.3) is 11.8 Å². The van der Waals surface area contributed by atoms with E-state index in [1.165, 1.54) is 16.8 Å². The molecule has 1 saturated heterocycles. The molecule has 0 radical (unpaired) electrons. The van der Waals surface area contributed by atoms with Gasteiger partial charge in [0, 0.05) is 50.7 Å². The predicted octanol–water partition coefficient (Wildman–Crippen LogP) is -0.00612. The van der Waals surface area contributed by atoms with Gasteiger partial charge in [0.1, 0.15) is 27.6 Å². The average Bonchev–Trinajstić information content (AvgIpc) is 3.20. The van der Waals surface area contributed by atoms with Gasteiger partial charge >= 0.3 is 5.97 Å². The number of ether oxygens (including phenoxy) is 2. The summed E-state index contributed by atoms with van der Waals surface area (Å²) in [5.74, 6) is -0.371. The van der Waals surface area contributed by atoms with E-state index in [1.807, 2.05) is 6.07 Å². The highest BCUT2D eigenvalue weighted by Crippen LogP contribution is 2.17. The number of hydrogen-bond acceptors (Lipinski definition) is 9. The molecule has 1 aliphatic rings. The molecule has 11 heteroatoms. The maximum Gasteiger partial charge on any atom is 0.352 e. The molecule has 2 aromatic rings. The normalized spacial score (nSPS) is 14.6. The van der Waals surface area contributed by atoms with Gasteiger partial charge in [0.25, 0.3) is 11.5 Å². The monoisotopic (exact) mass is 497 g/mol. The Morgan fingerprint density at radius 2 is 2.11 bits per heavy atom. The lowest BCUT2D eigenvalue weighted by Crippen LogP contribution is -2.47. The predicted molar refractivity (Wildman–Crippen MR) is 133 cm³/mol. The molecule has 1 aromatic carbocycles. The second kappa shape index (κ2) is 12.5. The summed E-state index contributed by atoms with van der Waals surface area (Å²) < 4.78 is 12.5. The van der Waals surface area contributed by atoms with Gasteiger partial charge in [-0.3, -0.25) is 14.2 Å². The van der Waals surface area contributed by atoms with Crippen LogP contribution in [0.1, 0.15) is 6.92 Å². The first-order chi connectivity index (χ1) is 17.0. The zero-order valence-corrected chi connectivity index (χ0v) is 20.2. The summed E-state index contributed by atoms with van der Waals surface area (Å²) in [6.07, 6.45) is 2.91. The quantitative estimate of drug-likeness (QED) is 0.366. The van der Waals surface area contributed by atoms with Gasteiger partial charge in [0.05, 0.1) is 0 Å². The third-order valence-corrected chi connectivity index (χ3v) is 6.25. The number of anilines is 1. The zero-order chi connectivity index (χ0) is 25.2. The second-order valence-electron chi connectivity index (χ2n) is 7.43. The lowest BCUT2D eigenvalue weighted by Gasteiger charge is -2.27. The second-order valence-corrected chi connectivity index (χ2v) is 8.46. The average molecular weight is 498 g/mol. The number of nitrogens with one attached hydrogen (secondary N) is 2. The lowest BCUT2D eigenvalue weighted by molar-refractivity contribution is -0.135. The standard InChI is InChI=1S/C24H27N5O5S/c1-3-12-33-24(32)19(14-25)23-29(4-2)22(31)20(35-23)15-27-17-6-5-7-18(13-17)34-16-21(30)28-10-8-26-9-11-28/h3,5-7,13,15,26-27H,1,4,8-12,16H2,2H3. The van der Waals surface area contributed by atoms with Crippen molar-refractivity contribution in [1.82, 2.24) is 14.8 Å². The molecule has 0 aliphatic carbocycles. The van der Waals surface area contributed by atoms with Gasteiger partial charge in [-0.05, 0) is 19.1 Å². The zero-order valence-electron chi connectivity index (χ0n) is 19.4. The van der Waals surface area contributed by atoms with Crippen LogP contribution in [-0.4, -0.2) is 60.7 Å². The van der Waals surface area contributed by atoms with Gasteiger partial charge < -0.3 is 25.0 Å². The smallest absolute Gasteiger partial charge is 0.352 e. The number of aromatic nitrogens is 1. The van der Waals surface area contributed by atoms with E-state index in [2.05, 4.69) is 17.2 Å². The number of nitrogens with zero attached hydrogens (tertiary/aromatic N) is 3. The topological polar surface area (TPSA) is 126 Å². The molecular formula is C24H27N5O5S. The number of carbonyl (C=O) groups is 2. The van der Waals surface area contributed by atoms with E-state index < -0.39 is 5.97 Å². The fraction of sp³-hybridized carbons (Fsp3) is 0.333. The highest BCUT2D eigenvalue weighted by Gasteiger charge is 2.17. The molecule has 184 valence electrons. The Balaban J connectivity index is 1.79. The van der Waals surface area contributed by atoms with Crippen molar-refractivity contribution in [2.45, 2.75) is 13.5 Å². The molecule has 2 N–H and O–H groups in total. The van der Waals surface area contributed by atoms with Crippen LogP contribution in [-0.2, 0) is 20.9 Å². The van der Waals surface area contributed by atoms with Gasteiger partial charge in [-0.1, -0.05) is 18.7 Å². The summed E-state index contributed by atoms with van der Waals surface area (Å²) in [7, 11) is 0. The number of benzene rings is 1. The van der Waals surface area contributed by atoms with Crippen molar-refractivity contribution in [3.8, 4) is 11.8 Å². The molecule has 1 amide bonds. The minimum absolute atomic E-state index is 0.0362. The van der Waals surface area contributed by atoms with Gasteiger partial charge in [0.2, 0.25) is 0 Å². The van der Waals surface area contributed by atoms with Crippen molar-refractivity contribution in [3.05, 3.63) is 56.5 Å². The summed E-state index contributed by atoms with van der Waals surface area (Å²) in [5, 5.41) is 15.7. The van der Waals surface area contributed by atoms with Gasteiger partial charge in [0.15, 0.2) is 12.2 Å². The number of nitriles is 1. The van der Waals surface area contributed by atoms with Crippen LogP contribution in [0.15, 0.2) is 41.7 Å². The van der Waals surface area contributed by atoms with Crippen molar-refractivity contribution in [1.29, 1.82) is 5.26 Å². The molecule has 1 aromatic heterocycles. The number of esters is 1. The Morgan fingerprint density at radius 1 is 1.34 bits per heavy atom. The molecule has 35 heavy (non-hydrogen) atoms. The molecular weight excluding hydrogens is 470 g/mol. The lowest BCUT2D eigenvalue weighted by atomic mass is 10.3. The van der Waals surface area contributed by atoms with Crippen molar-refractivity contribution in [2.75, 3.05) is 44.7 Å². The van der Waals surface area contributed by atoms with E-state index >= 15 is 0 Å². The van der Waals surface area contributed by atoms with Gasteiger partial charge in [-0.25, -0.2) is 4.79 Å². The molecule has 0 saturated carbocycles. The fourth-order valence-corrected chi connectivity index (χ4v) is 4.43. The van der Waals surface area contributed by atoms with E-state index in [1.54, 1.807) is 36.1 Å². The summed E-state index contributed by atoms with van der Waals surface area (Å²) in [6.45, 7) is 8.28. The number of carbonyl (C=O) groups excluding carboxylic acids is 2. The van der Waals surface area contributed by atoms with E-state index in [4.69, 9.17) is 9.47 Å². The van der Waals surface area contributed by atoms with E-state index in [9.17, 15) is 19.6 Å². The molecule has 0 spiro atoms. The summed E-state index contributed by atoms with van der Waals surface area (Å²) in [5.41, 5.74) is 0.0719. The van der Waals surface area contributed by atoms with Crippen LogP contribution in [0.2, 0.25) is 0 Å². The van der Waals surface area contributed by atoms with Crippen LogP contribution in [0.4, 0.5) is 5.69 Å². The first-order valence-electron chi connectivity index (χ1n) is 11.1. The number of piperazine rings is 1. The maximum atomic E-state index is 12.8. The Hall–Kier alpha value is -3.88. The molecule has 0 unspecified atom stereocenters. The number of amides is 1. The van der Waals surface area contributed by atoms with Gasteiger partial charge in [-0.15, -0.1) is 11.3 Å². The Labute approximate surface area is 206 Å². The van der Waals surface area contributed by atoms with Crippen LogP contribution < -0.4 is 30.1 Å². The van der Waals surface area contributed by atoms with Crippen LogP contribution in [0, 0.1) is 11.3 Å². The summed E-state index contributed by atoms with van der Waals surface area (Å²) >= 11 is 1.02. The van der Waals surface area contributed by atoms with Crippen molar-refractivity contribution in [3.63, 3.8) is 0 Å². The van der Waals surface area contributed by atoms with Crippen molar-refractivity contribution < 1.29 is 19.1 Å². The summed E-state index contributed by atoms with van der Waals surface area (Å²) in [6, 6.07) is 8.85. The largest absolute Gasteiger partial charge is 0.484 e. The Bertz CT molecular complexity index is 1300. The number of rotatable bonds is 9. The van der Waals surface area contributed by atoms with Gasteiger partial charge in [-0.2, -0.15) is 5.26 Å². The minimum atomic E-state index is -0.810. The minimum Gasteiger partial charge on any atom is -0.484 e. The molecule has 1 fully saturated rings. The van der Waals surface area contributed by atoms with Crippen LogP contribution in [0.5, 0.6) is 5.75 Å². The fourth-order valence-electron chi connectivity index (χ4n) is 3.36. The molecule has 10 nitrogen and oxygen atoms in total. The molecule has 2 heterocycles. The van der Waals surface area contributed by atoms with E-state index in [0.29, 0.717) is 29.1 Å². The third kappa shape index (κ3) is 6.59. The Morgan fingerprint density at radius 3 is 2.80 bits per heavy atom. The molecule has 3 rings (SSSR count). The first kappa shape index (κ1) is 25.7.